The van der Waals surface area contributed by atoms with Gasteiger partial charge < -0.3 is 5.32 Å². The van der Waals surface area contributed by atoms with Crippen LogP contribution in [0.5, 0.6) is 0 Å². The molecule has 0 spiro atoms. The molecule has 0 aliphatic heterocycles. The first-order valence-electron chi connectivity index (χ1n) is 5.93. The maximum Gasteiger partial charge on any atom is 0.130 e. The molecule has 86 valence electrons. The van der Waals surface area contributed by atoms with Crippen molar-refractivity contribution in [2.24, 2.45) is 11.3 Å². The molecule has 0 amide bonds. The summed E-state index contributed by atoms with van der Waals surface area (Å²) in [4.78, 5) is 8.60. The van der Waals surface area contributed by atoms with E-state index in [1.165, 1.54) is 25.7 Å². The molecule has 0 atom stereocenters. The lowest BCUT2D eigenvalue weighted by molar-refractivity contribution is 0.466. The molecule has 2 aliphatic carbocycles. The lowest BCUT2D eigenvalue weighted by Gasteiger charge is -2.15. The highest BCUT2D eigenvalue weighted by atomic mass is 79.9. The van der Waals surface area contributed by atoms with Crippen LogP contribution < -0.4 is 5.32 Å². The summed E-state index contributed by atoms with van der Waals surface area (Å²) < 4.78 is 0.860. The van der Waals surface area contributed by atoms with Gasteiger partial charge in [-0.1, -0.05) is 0 Å². The minimum absolute atomic E-state index is 0.616. The summed E-state index contributed by atoms with van der Waals surface area (Å²) >= 11 is 3.40. The quantitative estimate of drug-likeness (QED) is 0.862. The van der Waals surface area contributed by atoms with Crippen LogP contribution in [0.3, 0.4) is 0 Å². The molecular formula is C12H16BrN3. The fourth-order valence-corrected chi connectivity index (χ4v) is 2.95. The third-order valence-electron chi connectivity index (χ3n) is 3.76. The van der Waals surface area contributed by atoms with Crippen molar-refractivity contribution in [1.29, 1.82) is 0 Å². The SMILES string of the molecule is Cc1nc(Br)cc(NCC2(C3CC3)CC2)n1. The van der Waals surface area contributed by atoms with Gasteiger partial charge in [-0.15, -0.1) is 0 Å². The van der Waals surface area contributed by atoms with Crippen LogP contribution in [0.15, 0.2) is 10.7 Å². The van der Waals surface area contributed by atoms with Crippen LogP contribution in [0.4, 0.5) is 5.82 Å². The van der Waals surface area contributed by atoms with Crippen molar-refractivity contribution in [1.82, 2.24) is 9.97 Å². The Morgan fingerprint density at radius 2 is 2.19 bits per heavy atom. The number of aromatic nitrogens is 2. The van der Waals surface area contributed by atoms with Crippen molar-refractivity contribution >= 4 is 21.7 Å². The number of aryl methyl sites for hydroxylation is 1. The number of nitrogens with one attached hydrogen (secondary N) is 1. The van der Waals surface area contributed by atoms with Crippen LogP contribution >= 0.6 is 15.9 Å². The molecule has 0 bridgehead atoms. The van der Waals surface area contributed by atoms with Gasteiger partial charge in [0.1, 0.15) is 16.2 Å². The van der Waals surface area contributed by atoms with E-state index >= 15 is 0 Å². The van der Waals surface area contributed by atoms with Gasteiger partial charge in [-0.3, -0.25) is 0 Å². The van der Waals surface area contributed by atoms with Gasteiger partial charge in [0, 0.05) is 12.6 Å². The zero-order valence-electron chi connectivity index (χ0n) is 9.46. The second-order valence-electron chi connectivity index (χ2n) is 5.11. The Hall–Kier alpha value is -0.640. The molecule has 2 aliphatic rings. The zero-order chi connectivity index (χ0) is 11.2. The average Bonchev–Trinajstić information content (AvgIpc) is 3.07. The smallest absolute Gasteiger partial charge is 0.130 e. The predicted octanol–water partition coefficient (Wildman–Crippen LogP) is 3.15. The van der Waals surface area contributed by atoms with E-state index in [9.17, 15) is 0 Å². The van der Waals surface area contributed by atoms with Gasteiger partial charge in [0.2, 0.25) is 0 Å². The van der Waals surface area contributed by atoms with E-state index in [-0.39, 0.29) is 0 Å². The van der Waals surface area contributed by atoms with Crippen molar-refractivity contribution < 1.29 is 0 Å². The number of anilines is 1. The van der Waals surface area contributed by atoms with E-state index in [0.717, 1.165) is 28.7 Å². The highest BCUT2D eigenvalue weighted by molar-refractivity contribution is 9.10. The Balaban J connectivity index is 1.65. The second-order valence-corrected chi connectivity index (χ2v) is 5.93. The molecule has 4 heteroatoms. The number of halogens is 1. The Labute approximate surface area is 104 Å². The summed E-state index contributed by atoms with van der Waals surface area (Å²) in [6.07, 6.45) is 5.67. The molecule has 2 fully saturated rings. The first kappa shape index (κ1) is 10.5. The molecule has 3 rings (SSSR count). The molecule has 1 heterocycles. The van der Waals surface area contributed by atoms with Crippen LogP contribution in [-0.2, 0) is 0 Å². The fourth-order valence-electron chi connectivity index (χ4n) is 2.47. The topological polar surface area (TPSA) is 37.8 Å². The minimum atomic E-state index is 0.616. The lowest BCUT2D eigenvalue weighted by Crippen LogP contribution is -2.18. The summed E-state index contributed by atoms with van der Waals surface area (Å²) in [5.41, 5.74) is 0.616. The maximum absolute atomic E-state index is 4.39. The van der Waals surface area contributed by atoms with E-state index in [4.69, 9.17) is 0 Å². The van der Waals surface area contributed by atoms with Gasteiger partial charge in [-0.2, -0.15) is 0 Å². The molecule has 0 unspecified atom stereocenters. The molecule has 3 nitrogen and oxygen atoms in total. The highest BCUT2D eigenvalue weighted by Crippen LogP contribution is 2.61. The van der Waals surface area contributed by atoms with Gasteiger partial charge in [-0.05, 0) is 59.9 Å². The van der Waals surface area contributed by atoms with Crippen molar-refractivity contribution in [2.45, 2.75) is 32.6 Å². The standard InChI is InChI=1S/C12H16BrN3/c1-8-15-10(13)6-11(16-8)14-7-12(4-5-12)9-2-3-9/h6,9H,2-5,7H2,1H3,(H,14,15,16). The summed E-state index contributed by atoms with van der Waals surface area (Å²) in [5.74, 6) is 2.76. The number of nitrogens with zero attached hydrogens (tertiary/aromatic N) is 2. The number of rotatable bonds is 4. The van der Waals surface area contributed by atoms with Crippen molar-refractivity contribution in [3.05, 3.63) is 16.5 Å². The fraction of sp³-hybridized carbons (Fsp3) is 0.667. The third-order valence-corrected chi connectivity index (χ3v) is 4.17. The summed E-state index contributed by atoms with van der Waals surface area (Å²) in [6.45, 7) is 3.00. The van der Waals surface area contributed by atoms with E-state index in [0.29, 0.717) is 5.41 Å². The van der Waals surface area contributed by atoms with Crippen LogP contribution in [0.1, 0.15) is 31.5 Å². The van der Waals surface area contributed by atoms with Crippen molar-refractivity contribution in [3.8, 4) is 0 Å². The monoisotopic (exact) mass is 281 g/mol. The largest absolute Gasteiger partial charge is 0.369 e. The maximum atomic E-state index is 4.39. The summed E-state index contributed by atoms with van der Waals surface area (Å²) in [5, 5.41) is 3.47. The summed E-state index contributed by atoms with van der Waals surface area (Å²) in [7, 11) is 0. The van der Waals surface area contributed by atoms with Crippen molar-refractivity contribution in [3.63, 3.8) is 0 Å². The van der Waals surface area contributed by atoms with Gasteiger partial charge >= 0.3 is 0 Å². The molecular weight excluding hydrogens is 266 g/mol. The predicted molar refractivity (Wildman–Crippen MR) is 67.3 cm³/mol. The minimum Gasteiger partial charge on any atom is -0.369 e. The molecule has 2 saturated carbocycles. The van der Waals surface area contributed by atoms with Crippen LogP contribution in [0.2, 0.25) is 0 Å². The molecule has 16 heavy (non-hydrogen) atoms. The Bertz CT molecular complexity index is 390. The van der Waals surface area contributed by atoms with E-state index < -0.39 is 0 Å². The van der Waals surface area contributed by atoms with Gasteiger partial charge in [0.25, 0.3) is 0 Å². The molecule has 0 aromatic carbocycles. The molecule has 0 radical (unpaired) electrons. The average molecular weight is 282 g/mol. The van der Waals surface area contributed by atoms with Gasteiger partial charge in [0.15, 0.2) is 0 Å². The number of hydrogen-bond donors (Lipinski definition) is 1. The normalized spacial score (nSPS) is 21.9. The molecule has 1 N–H and O–H groups in total. The highest BCUT2D eigenvalue weighted by Gasteiger charge is 2.53. The first-order chi connectivity index (χ1) is 7.68. The molecule has 1 aromatic heterocycles. The van der Waals surface area contributed by atoms with Crippen molar-refractivity contribution in [2.75, 3.05) is 11.9 Å². The lowest BCUT2D eigenvalue weighted by atomic mass is 10.0. The van der Waals surface area contributed by atoms with Crippen LogP contribution in [-0.4, -0.2) is 16.5 Å². The number of hydrogen-bond acceptors (Lipinski definition) is 3. The molecule has 1 aromatic rings. The van der Waals surface area contributed by atoms with Gasteiger partial charge in [-0.25, -0.2) is 9.97 Å². The molecule has 0 saturated heterocycles. The first-order valence-corrected chi connectivity index (χ1v) is 6.72. The zero-order valence-corrected chi connectivity index (χ0v) is 11.0. The van der Waals surface area contributed by atoms with Gasteiger partial charge in [0.05, 0.1) is 0 Å². The van der Waals surface area contributed by atoms with E-state index in [1.807, 2.05) is 13.0 Å². The van der Waals surface area contributed by atoms with Crippen LogP contribution in [0, 0.1) is 18.3 Å². The Morgan fingerprint density at radius 1 is 1.44 bits per heavy atom. The summed E-state index contributed by atoms with van der Waals surface area (Å²) in [6, 6.07) is 1.95. The third kappa shape index (κ3) is 2.08. The van der Waals surface area contributed by atoms with E-state index in [2.05, 4.69) is 31.2 Å². The Morgan fingerprint density at radius 3 is 2.75 bits per heavy atom. The Kier molecular flexibility index (Phi) is 2.42. The second kappa shape index (κ2) is 3.69. The van der Waals surface area contributed by atoms with Crippen LogP contribution in [0.25, 0.3) is 0 Å². The van der Waals surface area contributed by atoms with E-state index in [1.54, 1.807) is 0 Å².